The van der Waals surface area contributed by atoms with Crippen LogP contribution in [0.5, 0.6) is 0 Å². The van der Waals surface area contributed by atoms with Gasteiger partial charge < -0.3 is 15.1 Å². The molecule has 0 spiro atoms. The molecule has 1 saturated carbocycles. The molecule has 2 aromatic heterocycles. The van der Waals surface area contributed by atoms with Crippen molar-refractivity contribution in [2.75, 3.05) is 5.32 Å². The number of furan rings is 1. The van der Waals surface area contributed by atoms with E-state index in [0.29, 0.717) is 28.2 Å². The summed E-state index contributed by atoms with van der Waals surface area (Å²) in [5.74, 6) is 1.02. The fourth-order valence-corrected chi connectivity index (χ4v) is 3.10. The van der Waals surface area contributed by atoms with E-state index in [1.165, 1.54) is 6.33 Å². The van der Waals surface area contributed by atoms with Crippen LogP contribution in [0.15, 0.2) is 41.1 Å². The summed E-state index contributed by atoms with van der Waals surface area (Å²) in [6, 6.07) is 9.75. The van der Waals surface area contributed by atoms with Crippen LogP contribution in [0.3, 0.4) is 0 Å². The molecular formula is C20H22N4O2. The van der Waals surface area contributed by atoms with Gasteiger partial charge in [-0.2, -0.15) is 0 Å². The second kappa shape index (κ2) is 6.12. The molecule has 6 heteroatoms. The molecule has 2 heterocycles. The number of hydrogen-bond acceptors (Lipinski definition) is 5. The Kier molecular flexibility index (Phi) is 3.90. The van der Waals surface area contributed by atoms with Gasteiger partial charge in [-0.25, -0.2) is 9.97 Å². The standard InChI is InChI=1S/C20H22N4O2/c1-12(14-7-5-4-6-8-14)23-18(25)15-13(2)26-19-16(15)17(21-11-22-19)24-20(3)9-10-20/h4-8,11-12H,9-10H2,1-3H3,(H,23,25)(H,21,22,24). The van der Waals surface area contributed by atoms with Gasteiger partial charge in [-0.3, -0.25) is 4.79 Å². The molecule has 3 aromatic rings. The monoisotopic (exact) mass is 350 g/mol. The quantitative estimate of drug-likeness (QED) is 0.727. The topological polar surface area (TPSA) is 80.1 Å². The minimum absolute atomic E-state index is 0.0392. The maximum atomic E-state index is 13.0. The highest BCUT2D eigenvalue weighted by Crippen LogP contribution is 2.40. The van der Waals surface area contributed by atoms with Gasteiger partial charge in [-0.1, -0.05) is 30.3 Å². The Balaban J connectivity index is 1.69. The summed E-state index contributed by atoms with van der Waals surface area (Å²) in [5, 5.41) is 7.14. The lowest BCUT2D eigenvalue weighted by molar-refractivity contribution is 0.0940. The molecule has 0 aliphatic heterocycles. The number of nitrogens with zero attached hydrogens (tertiary/aromatic N) is 2. The fraction of sp³-hybridized carbons (Fsp3) is 0.350. The highest BCUT2D eigenvalue weighted by Gasteiger charge is 2.38. The Morgan fingerprint density at radius 1 is 1.23 bits per heavy atom. The zero-order chi connectivity index (χ0) is 18.3. The van der Waals surface area contributed by atoms with Crippen molar-refractivity contribution in [1.82, 2.24) is 15.3 Å². The molecule has 1 aliphatic rings. The van der Waals surface area contributed by atoms with E-state index in [9.17, 15) is 4.79 Å². The van der Waals surface area contributed by atoms with Crippen LogP contribution in [-0.2, 0) is 0 Å². The van der Waals surface area contributed by atoms with E-state index in [0.717, 1.165) is 18.4 Å². The normalized spacial score (nSPS) is 16.3. The average molecular weight is 350 g/mol. The molecule has 1 amide bonds. The fourth-order valence-electron chi connectivity index (χ4n) is 3.10. The van der Waals surface area contributed by atoms with E-state index in [4.69, 9.17) is 4.42 Å². The lowest BCUT2D eigenvalue weighted by Crippen LogP contribution is -2.27. The first-order chi connectivity index (χ1) is 12.5. The van der Waals surface area contributed by atoms with Crippen LogP contribution in [-0.4, -0.2) is 21.4 Å². The molecule has 4 rings (SSSR count). The van der Waals surface area contributed by atoms with Crippen LogP contribution in [0.25, 0.3) is 11.1 Å². The highest BCUT2D eigenvalue weighted by atomic mass is 16.3. The van der Waals surface area contributed by atoms with Crippen LogP contribution in [0.1, 0.15) is 54.4 Å². The van der Waals surface area contributed by atoms with Gasteiger partial charge in [0.25, 0.3) is 5.91 Å². The lowest BCUT2D eigenvalue weighted by Gasteiger charge is -2.15. The summed E-state index contributed by atoms with van der Waals surface area (Å²) in [6.45, 7) is 5.89. The van der Waals surface area contributed by atoms with E-state index in [-0.39, 0.29) is 17.5 Å². The summed E-state index contributed by atoms with van der Waals surface area (Å²) < 4.78 is 5.73. The zero-order valence-electron chi connectivity index (χ0n) is 15.2. The van der Waals surface area contributed by atoms with Gasteiger partial charge in [-0.05, 0) is 39.2 Å². The number of carbonyl (C=O) groups is 1. The Morgan fingerprint density at radius 2 is 1.96 bits per heavy atom. The Hall–Kier alpha value is -2.89. The van der Waals surface area contributed by atoms with Gasteiger partial charge in [0.1, 0.15) is 17.9 Å². The number of amides is 1. The van der Waals surface area contributed by atoms with Crippen molar-refractivity contribution in [3.63, 3.8) is 0 Å². The van der Waals surface area contributed by atoms with Crippen molar-refractivity contribution in [3.05, 3.63) is 53.5 Å². The number of rotatable bonds is 5. The Morgan fingerprint density at radius 3 is 2.65 bits per heavy atom. The molecule has 1 atom stereocenters. The molecule has 0 bridgehead atoms. The Bertz CT molecular complexity index is 961. The molecule has 1 fully saturated rings. The number of carbonyl (C=O) groups excluding carboxylic acids is 1. The molecule has 1 unspecified atom stereocenters. The molecule has 134 valence electrons. The first kappa shape index (κ1) is 16.6. The van der Waals surface area contributed by atoms with Crippen LogP contribution >= 0.6 is 0 Å². The predicted molar refractivity (Wildman–Crippen MR) is 100 cm³/mol. The molecule has 0 radical (unpaired) electrons. The summed E-state index contributed by atoms with van der Waals surface area (Å²) in [6.07, 6.45) is 3.64. The van der Waals surface area contributed by atoms with Crippen LogP contribution in [0, 0.1) is 6.92 Å². The van der Waals surface area contributed by atoms with Crippen molar-refractivity contribution in [2.45, 2.75) is 45.2 Å². The van der Waals surface area contributed by atoms with Gasteiger partial charge in [0.2, 0.25) is 5.71 Å². The molecule has 26 heavy (non-hydrogen) atoms. The van der Waals surface area contributed by atoms with Gasteiger partial charge in [0.15, 0.2) is 0 Å². The molecule has 1 aliphatic carbocycles. The third-order valence-electron chi connectivity index (χ3n) is 4.96. The first-order valence-corrected chi connectivity index (χ1v) is 8.85. The molecule has 1 aromatic carbocycles. The van der Waals surface area contributed by atoms with E-state index < -0.39 is 0 Å². The van der Waals surface area contributed by atoms with Crippen LogP contribution in [0.2, 0.25) is 0 Å². The second-order valence-electron chi connectivity index (χ2n) is 7.23. The van der Waals surface area contributed by atoms with Crippen LogP contribution < -0.4 is 10.6 Å². The molecular weight excluding hydrogens is 328 g/mol. The van der Waals surface area contributed by atoms with E-state index >= 15 is 0 Å². The molecule has 2 N–H and O–H groups in total. The summed E-state index contributed by atoms with van der Waals surface area (Å²) in [4.78, 5) is 21.6. The van der Waals surface area contributed by atoms with Gasteiger partial charge >= 0.3 is 0 Å². The maximum absolute atomic E-state index is 13.0. The minimum Gasteiger partial charge on any atom is -0.442 e. The van der Waals surface area contributed by atoms with Crippen molar-refractivity contribution >= 4 is 22.8 Å². The van der Waals surface area contributed by atoms with Gasteiger partial charge in [0, 0.05) is 5.54 Å². The number of anilines is 1. The van der Waals surface area contributed by atoms with E-state index in [2.05, 4.69) is 27.5 Å². The number of aromatic nitrogens is 2. The van der Waals surface area contributed by atoms with Crippen molar-refractivity contribution < 1.29 is 9.21 Å². The summed E-state index contributed by atoms with van der Waals surface area (Å²) in [7, 11) is 0. The maximum Gasteiger partial charge on any atom is 0.256 e. The average Bonchev–Trinajstić information content (AvgIpc) is 3.24. The van der Waals surface area contributed by atoms with E-state index in [1.54, 1.807) is 6.92 Å². The van der Waals surface area contributed by atoms with Crippen molar-refractivity contribution in [2.24, 2.45) is 0 Å². The smallest absolute Gasteiger partial charge is 0.256 e. The number of nitrogens with one attached hydrogen (secondary N) is 2. The SMILES string of the molecule is Cc1oc2ncnc(NC3(C)CC3)c2c1C(=O)NC(C)c1ccccc1. The number of hydrogen-bond donors (Lipinski definition) is 2. The van der Waals surface area contributed by atoms with Crippen LogP contribution in [0.4, 0.5) is 5.82 Å². The summed E-state index contributed by atoms with van der Waals surface area (Å²) in [5.41, 5.74) is 2.01. The lowest BCUT2D eigenvalue weighted by atomic mass is 10.1. The number of benzene rings is 1. The number of aryl methyl sites for hydroxylation is 1. The Labute approximate surface area is 152 Å². The predicted octanol–water partition coefficient (Wildman–Crippen LogP) is 3.99. The van der Waals surface area contributed by atoms with E-state index in [1.807, 2.05) is 37.3 Å². The van der Waals surface area contributed by atoms with Crippen molar-refractivity contribution in [1.29, 1.82) is 0 Å². The zero-order valence-corrected chi connectivity index (χ0v) is 15.2. The summed E-state index contributed by atoms with van der Waals surface area (Å²) >= 11 is 0. The largest absolute Gasteiger partial charge is 0.442 e. The van der Waals surface area contributed by atoms with Crippen molar-refractivity contribution in [3.8, 4) is 0 Å². The highest BCUT2D eigenvalue weighted by molar-refractivity contribution is 6.10. The van der Waals surface area contributed by atoms with Gasteiger partial charge in [0.05, 0.1) is 17.0 Å². The minimum atomic E-state index is -0.184. The molecule has 6 nitrogen and oxygen atoms in total. The second-order valence-corrected chi connectivity index (χ2v) is 7.23. The third kappa shape index (κ3) is 3.03. The first-order valence-electron chi connectivity index (χ1n) is 8.85. The number of fused-ring (bicyclic) bond motifs is 1. The molecule has 0 saturated heterocycles. The van der Waals surface area contributed by atoms with Gasteiger partial charge in [-0.15, -0.1) is 0 Å². The third-order valence-corrected chi connectivity index (χ3v) is 4.96.